The molecule has 2 unspecified atom stereocenters. The van der Waals surface area contributed by atoms with Gasteiger partial charge in [0, 0.05) is 19.4 Å². The lowest BCUT2D eigenvalue weighted by Gasteiger charge is -2.19. The van der Waals surface area contributed by atoms with Crippen LogP contribution in [0.5, 0.6) is 0 Å². The molecule has 0 heterocycles. The van der Waals surface area contributed by atoms with E-state index in [0.29, 0.717) is 6.42 Å². The van der Waals surface area contributed by atoms with Crippen molar-refractivity contribution in [3.63, 3.8) is 0 Å². The molecular weight excluding hydrogens is 1130 g/mol. The molecule has 0 aromatic carbocycles. The van der Waals surface area contributed by atoms with E-state index in [1.54, 1.807) is 0 Å². The molecular formula is C80H144NO8P. The highest BCUT2D eigenvalue weighted by molar-refractivity contribution is 7.47. The Balaban J connectivity index is 3.85. The van der Waals surface area contributed by atoms with Crippen LogP contribution in [0.2, 0.25) is 0 Å². The summed E-state index contributed by atoms with van der Waals surface area (Å²) < 4.78 is 33.2. The second-order valence-corrected chi connectivity index (χ2v) is 27.0. The van der Waals surface area contributed by atoms with Crippen molar-refractivity contribution in [3.05, 3.63) is 97.2 Å². The molecule has 0 aromatic heterocycles. The largest absolute Gasteiger partial charge is 0.472 e. The van der Waals surface area contributed by atoms with E-state index in [9.17, 15) is 19.0 Å². The van der Waals surface area contributed by atoms with Crippen molar-refractivity contribution in [1.29, 1.82) is 0 Å². The minimum atomic E-state index is -4.40. The first-order valence-corrected chi connectivity index (χ1v) is 39.7. The first kappa shape index (κ1) is 86.9. The predicted octanol–water partition coefficient (Wildman–Crippen LogP) is 25.5. The molecule has 0 aliphatic heterocycles. The molecule has 0 amide bonds. The van der Waals surface area contributed by atoms with E-state index in [4.69, 9.17) is 24.3 Å². The maximum atomic E-state index is 12.8. The van der Waals surface area contributed by atoms with Crippen LogP contribution in [0.15, 0.2) is 97.2 Å². The molecule has 0 aromatic rings. The minimum Gasteiger partial charge on any atom is -0.462 e. The van der Waals surface area contributed by atoms with E-state index < -0.39 is 26.5 Å². The summed E-state index contributed by atoms with van der Waals surface area (Å²) in [6.07, 6.45) is 102. The summed E-state index contributed by atoms with van der Waals surface area (Å²) in [4.78, 5) is 35.4. The number of ether oxygens (including phenoxy) is 2. The number of allylic oxidation sites excluding steroid dienone is 16. The fourth-order valence-electron chi connectivity index (χ4n) is 11.1. The summed E-state index contributed by atoms with van der Waals surface area (Å²) in [5, 5.41) is 0. The molecule has 0 bridgehead atoms. The Labute approximate surface area is 557 Å². The van der Waals surface area contributed by atoms with Crippen molar-refractivity contribution in [2.24, 2.45) is 5.73 Å². The van der Waals surface area contributed by atoms with Gasteiger partial charge >= 0.3 is 19.8 Å². The number of carbonyl (C=O) groups is 2. The molecule has 0 aliphatic rings. The molecule has 0 radical (unpaired) electrons. The number of unbranched alkanes of at least 4 members (excludes halogenated alkanes) is 43. The summed E-state index contributed by atoms with van der Waals surface area (Å²) >= 11 is 0. The van der Waals surface area contributed by atoms with Gasteiger partial charge in [0.05, 0.1) is 13.2 Å². The first-order chi connectivity index (χ1) is 44.3. The van der Waals surface area contributed by atoms with Gasteiger partial charge in [0.25, 0.3) is 0 Å². The van der Waals surface area contributed by atoms with Gasteiger partial charge in [-0.2, -0.15) is 0 Å². The van der Waals surface area contributed by atoms with Gasteiger partial charge in [0.2, 0.25) is 0 Å². The van der Waals surface area contributed by atoms with E-state index in [-0.39, 0.29) is 38.6 Å². The van der Waals surface area contributed by atoms with Gasteiger partial charge in [-0.3, -0.25) is 18.6 Å². The molecule has 9 nitrogen and oxygen atoms in total. The smallest absolute Gasteiger partial charge is 0.462 e. The number of esters is 2. The number of carbonyl (C=O) groups excluding carboxylic acids is 2. The Morgan fingerprint density at radius 3 is 0.911 bits per heavy atom. The number of nitrogens with two attached hydrogens (primary N) is 1. The van der Waals surface area contributed by atoms with Crippen LogP contribution in [0.4, 0.5) is 0 Å². The lowest BCUT2D eigenvalue weighted by molar-refractivity contribution is -0.161. The third-order valence-electron chi connectivity index (χ3n) is 16.7. The van der Waals surface area contributed by atoms with Crippen molar-refractivity contribution in [1.82, 2.24) is 0 Å². The van der Waals surface area contributed by atoms with Crippen LogP contribution in [0, 0.1) is 0 Å². The van der Waals surface area contributed by atoms with E-state index in [1.165, 1.54) is 238 Å². The lowest BCUT2D eigenvalue weighted by atomic mass is 10.0. The van der Waals surface area contributed by atoms with Crippen molar-refractivity contribution in [2.45, 2.75) is 373 Å². The minimum absolute atomic E-state index is 0.0505. The maximum absolute atomic E-state index is 12.8. The van der Waals surface area contributed by atoms with Crippen molar-refractivity contribution < 1.29 is 37.6 Å². The third kappa shape index (κ3) is 74.0. The highest BCUT2D eigenvalue weighted by atomic mass is 31.2. The molecule has 0 rings (SSSR count). The molecule has 522 valence electrons. The molecule has 90 heavy (non-hydrogen) atoms. The Morgan fingerprint density at radius 2 is 0.611 bits per heavy atom. The lowest BCUT2D eigenvalue weighted by Crippen LogP contribution is -2.29. The van der Waals surface area contributed by atoms with Crippen molar-refractivity contribution >= 4 is 19.8 Å². The molecule has 3 N–H and O–H groups in total. The molecule has 0 saturated heterocycles. The van der Waals surface area contributed by atoms with Gasteiger partial charge < -0.3 is 20.1 Å². The molecule has 0 fully saturated rings. The summed E-state index contributed by atoms with van der Waals surface area (Å²) in [7, 11) is -4.40. The van der Waals surface area contributed by atoms with Crippen molar-refractivity contribution in [2.75, 3.05) is 26.4 Å². The van der Waals surface area contributed by atoms with Gasteiger partial charge in [0.1, 0.15) is 6.61 Å². The number of phosphoric acid groups is 1. The Bertz CT molecular complexity index is 1800. The van der Waals surface area contributed by atoms with Crippen molar-refractivity contribution in [3.8, 4) is 0 Å². The molecule has 0 saturated carbocycles. The second kappa shape index (κ2) is 75.0. The summed E-state index contributed by atoms with van der Waals surface area (Å²) in [6, 6.07) is 0. The molecule has 10 heteroatoms. The Hall–Kier alpha value is -3.07. The van der Waals surface area contributed by atoms with E-state index in [1.807, 2.05) is 0 Å². The van der Waals surface area contributed by atoms with Gasteiger partial charge in [-0.25, -0.2) is 4.57 Å². The molecule has 2 atom stereocenters. The average Bonchev–Trinajstić information content (AvgIpc) is 3.75. The van der Waals surface area contributed by atoms with Gasteiger partial charge in [-0.1, -0.05) is 374 Å². The van der Waals surface area contributed by atoms with E-state index >= 15 is 0 Å². The van der Waals surface area contributed by atoms with E-state index in [0.717, 1.165) is 96.3 Å². The second-order valence-electron chi connectivity index (χ2n) is 25.5. The average molecular weight is 1280 g/mol. The number of hydrogen-bond donors (Lipinski definition) is 2. The van der Waals surface area contributed by atoms with Gasteiger partial charge in [-0.05, 0) is 77.0 Å². The Morgan fingerprint density at radius 1 is 0.344 bits per heavy atom. The summed E-state index contributed by atoms with van der Waals surface area (Å²) in [5.74, 6) is -0.821. The van der Waals surface area contributed by atoms with E-state index in [2.05, 4.69) is 111 Å². The number of hydrogen-bond acceptors (Lipinski definition) is 8. The first-order valence-electron chi connectivity index (χ1n) is 38.2. The normalized spacial score (nSPS) is 13.4. The predicted molar refractivity (Wildman–Crippen MR) is 390 cm³/mol. The van der Waals surface area contributed by atoms with Crippen LogP contribution < -0.4 is 5.73 Å². The monoisotopic (exact) mass is 1280 g/mol. The fraction of sp³-hybridized carbons (Fsp3) is 0.775. The van der Waals surface area contributed by atoms with Crippen LogP contribution in [0.25, 0.3) is 0 Å². The maximum Gasteiger partial charge on any atom is 0.472 e. The topological polar surface area (TPSA) is 134 Å². The number of phosphoric ester groups is 1. The third-order valence-corrected chi connectivity index (χ3v) is 17.7. The van der Waals surface area contributed by atoms with Crippen LogP contribution in [-0.2, 0) is 32.7 Å². The fourth-order valence-corrected chi connectivity index (χ4v) is 11.9. The summed E-state index contributed by atoms with van der Waals surface area (Å²) in [5.41, 5.74) is 5.41. The van der Waals surface area contributed by atoms with Crippen LogP contribution in [0.3, 0.4) is 0 Å². The zero-order valence-corrected chi connectivity index (χ0v) is 59.8. The zero-order valence-electron chi connectivity index (χ0n) is 58.9. The zero-order chi connectivity index (χ0) is 65.1. The SMILES string of the molecule is CC/C=C\C/C=C\C/C=C\C/C=C\C/C=C\C/C=C\C/C=C\C/C=C\CCCCCCCCCCCCC(=O)OC(COC(=O)CCCCCCCCCCCCCCCCCCCCCCCCCCCCCCCCCCCC)COP(=O)(O)OCCN. The van der Waals surface area contributed by atoms with Gasteiger partial charge in [-0.15, -0.1) is 0 Å². The molecule has 0 spiro atoms. The summed E-state index contributed by atoms with van der Waals surface area (Å²) in [6.45, 7) is 3.68. The highest BCUT2D eigenvalue weighted by Gasteiger charge is 2.26. The highest BCUT2D eigenvalue weighted by Crippen LogP contribution is 2.43. The number of rotatable bonds is 72. The van der Waals surface area contributed by atoms with Crippen LogP contribution in [0.1, 0.15) is 367 Å². The Kier molecular flexibility index (Phi) is 72.4. The molecule has 0 aliphatic carbocycles. The van der Waals surface area contributed by atoms with Crippen LogP contribution >= 0.6 is 7.82 Å². The standard InChI is InChI=1S/C80H144NO8P/c1-3-5-7-9-11-13-15-17-19-21-23-25-27-29-31-33-35-37-39-41-43-45-47-49-51-53-55-57-59-61-63-65-67-69-71-73-80(83)89-78(77-88-90(84,85)87-75-74-81)76-86-79(82)72-70-68-66-64-62-60-58-56-54-52-50-48-46-44-42-40-38-36-34-32-30-28-26-24-22-20-18-16-14-12-10-8-6-4-2/h5,7,11,13,17,19,23,25,29,31,35,37,41,43,47,49,78H,3-4,6,8-10,12,14-16,18,20-22,24,26-28,30,32-34,36,38-40,42,44-46,48,50-77,81H2,1-2H3,(H,84,85)/b7-5-,13-11-,19-17-,25-23-,31-29-,37-35-,43-41-,49-47-. The quantitative estimate of drug-likeness (QED) is 0.0264. The van der Waals surface area contributed by atoms with Crippen LogP contribution in [-0.4, -0.2) is 49.3 Å². The van der Waals surface area contributed by atoms with Gasteiger partial charge in [0.15, 0.2) is 6.10 Å².